The van der Waals surface area contributed by atoms with Crippen LogP contribution in [0.15, 0.2) is 54.6 Å². The molecule has 0 fully saturated rings. The maximum absolute atomic E-state index is 5.36. The summed E-state index contributed by atoms with van der Waals surface area (Å²) in [6.07, 6.45) is 0. The highest BCUT2D eigenvalue weighted by atomic mass is 16.5. The van der Waals surface area contributed by atoms with Crippen molar-refractivity contribution < 1.29 is 9.47 Å². The zero-order valence-electron chi connectivity index (χ0n) is 16.1. The topological polar surface area (TPSA) is 59.5 Å². The van der Waals surface area contributed by atoms with Gasteiger partial charge in [0.05, 0.1) is 14.2 Å². The Labute approximate surface area is 159 Å². The Morgan fingerprint density at radius 2 is 1.67 bits per heavy atom. The lowest BCUT2D eigenvalue weighted by atomic mass is 10.2. The summed E-state index contributed by atoms with van der Waals surface area (Å²) in [5.41, 5.74) is 3.02. The molecular formula is C21H24N4O2. The maximum Gasteiger partial charge on any atom is 0.225 e. The van der Waals surface area contributed by atoms with E-state index in [1.807, 2.05) is 73.5 Å². The molecule has 3 aromatic rings. The number of ether oxygens (including phenoxy) is 2. The molecule has 1 heterocycles. The lowest BCUT2D eigenvalue weighted by Gasteiger charge is -2.19. The molecule has 0 aliphatic carbocycles. The molecular weight excluding hydrogens is 340 g/mol. The molecule has 2 aromatic carbocycles. The van der Waals surface area contributed by atoms with Gasteiger partial charge in [-0.1, -0.05) is 24.3 Å². The molecule has 1 aromatic heterocycles. The predicted octanol–water partition coefficient (Wildman–Crippen LogP) is 4.18. The first-order valence-corrected chi connectivity index (χ1v) is 8.70. The highest BCUT2D eigenvalue weighted by Gasteiger charge is 2.09. The van der Waals surface area contributed by atoms with Crippen molar-refractivity contribution in [3.63, 3.8) is 0 Å². The third-order valence-corrected chi connectivity index (χ3v) is 4.23. The van der Waals surface area contributed by atoms with Crippen molar-refractivity contribution in [2.75, 3.05) is 31.5 Å². The van der Waals surface area contributed by atoms with Crippen LogP contribution in [0.5, 0.6) is 11.5 Å². The fourth-order valence-electron chi connectivity index (χ4n) is 2.76. The number of anilines is 3. The highest BCUT2D eigenvalue weighted by molar-refractivity contribution is 5.60. The van der Waals surface area contributed by atoms with Crippen molar-refractivity contribution >= 4 is 17.5 Å². The Morgan fingerprint density at radius 1 is 0.926 bits per heavy atom. The number of para-hydroxylation sites is 1. The first-order valence-electron chi connectivity index (χ1n) is 8.70. The van der Waals surface area contributed by atoms with E-state index in [2.05, 4.69) is 15.3 Å². The number of nitrogens with one attached hydrogen (secondary N) is 1. The summed E-state index contributed by atoms with van der Waals surface area (Å²) < 4.78 is 10.6. The highest BCUT2D eigenvalue weighted by Crippen LogP contribution is 2.28. The summed E-state index contributed by atoms with van der Waals surface area (Å²) in [5.74, 6) is 2.83. The number of hydrogen-bond donors (Lipinski definition) is 1. The Kier molecular flexibility index (Phi) is 5.76. The number of hydrogen-bond acceptors (Lipinski definition) is 6. The van der Waals surface area contributed by atoms with Crippen LogP contribution in [0.3, 0.4) is 0 Å². The molecule has 6 nitrogen and oxygen atoms in total. The zero-order valence-corrected chi connectivity index (χ0v) is 16.1. The Morgan fingerprint density at radius 3 is 2.37 bits per heavy atom. The first-order chi connectivity index (χ1) is 13.1. The Balaban J connectivity index is 1.77. The summed E-state index contributed by atoms with van der Waals surface area (Å²) in [7, 11) is 5.25. The van der Waals surface area contributed by atoms with Gasteiger partial charge in [-0.15, -0.1) is 0 Å². The van der Waals surface area contributed by atoms with Crippen molar-refractivity contribution in [1.29, 1.82) is 0 Å². The van der Waals surface area contributed by atoms with Crippen LogP contribution >= 0.6 is 0 Å². The van der Waals surface area contributed by atoms with Crippen LogP contribution in [0.25, 0.3) is 0 Å². The van der Waals surface area contributed by atoms with E-state index in [4.69, 9.17) is 9.47 Å². The molecule has 1 N–H and O–H groups in total. The summed E-state index contributed by atoms with van der Waals surface area (Å²) in [6, 6.07) is 17.9. The van der Waals surface area contributed by atoms with Crippen molar-refractivity contribution in [1.82, 2.24) is 9.97 Å². The molecule has 0 bridgehead atoms. The molecule has 140 valence electrons. The average molecular weight is 364 g/mol. The normalized spacial score (nSPS) is 10.4. The quantitative estimate of drug-likeness (QED) is 0.679. The molecule has 0 atom stereocenters. The van der Waals surface area contributed by atoms with E-state index in [0.717, 1.165) is 22.8 Å². The minimum absolute atomic E-state index is 0.582. The number of aromatic nitrogens is 2. The summed E-state index contributed by atoms with van der Waals surface area (Å²) in [4.78, 5) is 11.2. The van der Waals surface area contributed by atoms with Gasteiger partial charge in [0, 0.05) is 31.0 Å². The van der Waals surface area contributed by atoms with E-state index in [0.29, 0.717) is 24.0 Å². The average Bonchev–Trinajstić information content (AvgIpc) is 2.71. The molecule has 0 radical (unpaired) electrons. The van der Waals surface area contributed by atoms with Gasteiger partial charge in [-0.2, -0.15) is 4.98 Å². The molecule has 3 rings (SSSR count). The first kappa shape index (κ1) is 18.5. The smallest absolute Gasteiger partial charge is 0.225 e. The van der Waals surface area contributed by atoms with E-state index in [1.54, 1.807) is 14.2 Å². The zero-order chi connectivity index (χ0) is 19.2. The Hall–Kier alpha value is -3.28. The SMILES string of the molecule is COc1ccc(CNc2nc(C)cc(N(C)c3ccccc3)n2)cc1OC. The van der Waals surface area contributed by atoms with Gasteiger partial charge in [0.25, 0.3) is 0 Å². The van der Waals surface area contributed by atoms with Crippen molar-refractivity contribution in [2.45, 2.75) is 13.5 Å². The molecule has 0 saturated heterocycles. The van der Waals surface area contributed by atoms with Crippen LogP contribution in [0.4, 0.5) is 17.5 Å². The number of methoxy groups -OCH3 is 2. The van der Waals surface area contributed by atoms with Gasteiger partial charge in [0.2, 0.25) is 5.95 Å². The second-order valence-corrected chi connectivity index (χ2v) is 6.13. The second kappa shape index (κ2) is 8.40. The van der Waals surface area contributed by atoms with Crippen LogP contribution in [0.1, 0.15) is 11.3 Å². The summed E-state index contributed by atoms with van der Waals surface area (Å²) in [5, 5.41) is 3.29. The summed E-state index contributed by atoms with van der Waals surface area (Å²) in [6.45, 7) is 2.55. The van der Waals surface area contributed by atoms with Gasteiger partial charge >= 0.3 is 0 Å². The van der Waals surface area contributed by atoms with Crippen LogP contribution < -0.4 is 19.7 Å². The van der Waals surface area contributed by atoms with E-state index in [-0.39, 0.29) is 0 Å². The molecule has 0 amide bonds. The standard InChI is InChI=1S/C21H24N4O2/c1-15-12-20(25(2)17-8-6-5-7-9-17)24-21(23-15)22-14-16-10-11-18(26-3)19(13-16)27-4/h5-13H,14H2,1-4H3,(H,22,23,24). The number of aryl methyl sites for hydroxylation is 1. The lowest BCUT2D eigenvalue weighted by molar-refractivity contribution is 0.354. The number of nitrogens with zero attached hydrogens (tertiary/aromatic N) is 3. The fraction of sp³-hybridized carbons (Fsp3) is 0.238. The van der Waals surface area contributed by atoms with Gasteiger partial charge < -0.3 is 19.7 Å². The van der Waals surface area contributed by atoms with Crippen molar-refractivity contribution in [3.05, 3.63) is 65.9 Å². The van der Waals surface area contributed by atoms with Gasteiger partial charge in [0.1, 0.15) is 5.82 Å². The van der Waals surface area contributed by atoms with Crippen LogP contribution in [-0.2, 0) is 6.54 Å². The van der Waals surface area contributed by atoms with E-state index < -0.39 is 0 Å². The van der Waals surface area contributed by atoms with E-state index in [9.17, 15) is 0 Å². The van der Waals surface area contributed by atoms with Gasteiger partial charge in [-0.25, -0.2) is 4.98 Å². The van der Waals surface area contributed by atoms with E-state index in [1.165, 1.54) is 0 Å². The van der Waals surface area contributed by atoms with Crippen LogP contribution in [0, 0.1) is 6.92 Å². The monoisotopic (exact) mass is 364 g/mol. The molecule has 0 aliphatic heterocycles. The summed E-state index contributed by atoms with van der Waals surface area (Å²) >= 11 is 0. The largest absolute Gasteiger partial charge is 0.493 e. The fourth-order valence-corrected chi connectivity index (χ4v) is 2.76. The van der Waals surface area contributed by atoms with Gasteiger partial charge in [-0.05, 0) is 36.8 Å². The van der Waals surface area contributed by atoms with Crippen molar-refractivity contribution in [2.24, 2.45) is 0 Å². The van der Waals surface area contributed by atoms with Gasteiger partial charge in [0.15, 0.2) is 11.5 Å². The maximum atomic E-state index is 5.36. The third kappa shape index (κ3) is 4.47. The number of rotatable bonds is 7. The predicted molar refractivity (Wildman–Crippen MR) is 108 cm³/mol. The second-order valence-electron chi connectivity index (χ2n) is 6.13. The number of benzene rings is 2. The minimum atomic E-state index is 0.582. The van der Waals surface area contributed by atoms with Crippen LogP contribution in [0.2, 0.25) is 0 Å². The van der Waals surface area contributed by atoms with E-state index >= 15 is 0 Å². The molecule has 0 unspecified atom stereocenters. The van der Waals surface area contributed by atoms with Gasteiger partial charge in [-0.3, -0.25) is 0 Å². The Bertz CT molecular complexity index is 900. The molecule has 0 saturated carbocycles. The van der Waals surface area contributed by atoms with Crippen molar-refractivity contribution in [3.8, 4) is 11.5 Å². The molecule has 0 aliphatic rings. The molecule has 6 heteroatoms. The molecule has 0 spiro atoms. The minimum Gasteiger partial charge on any atom is -0.493 e. The molecule has 27 heavy (non-hydrogen) atoms. The lowest BCUT2D eigenvalue weighted by Crippen LogP contribution is -2.14. The third-order valence-electron chi connectivity index (χ3n) is 4.23. The van der Waals surface area contributed by atoms with Crippen LogP contribution in [-0.4, -0.2) is 31.2 Å².